The fraction of sp³-hybridized carbons (Fsp3) is 0.688. The highest BCUT2D eigenvalue weighted by Gasteiger charge is 2.15. The second-order valence-electron chi connectivity index (χ2n) is 4.94. The summed E-state index contributed by atoms with van der Waals surface area (Å²) in [6.07, 6.45) is 18.6. The molecular formula is C16H26O. The Bertz CT molecular complexity index is 263. The van der Waals surface area contributed by atoms with Crippen molar-refractivity contribution >= 4 is 5.78 Å². The highest BCUT2D eigenvalue weighted by atomic mass is 16.1. The highest BCUT2D eigenvalue weighted by molar-refractivity contribution is 5.80. The van der Waals surface area contributed by atoms with Gasteiger partial charge in [0.15, 0.2) is 0 Å². The molecule has 17 heavy (non-hydrogen) atoms. The maximum atomic E-state index is 12.0. The highest BCUT2D eigenvalue weighted by Crippen LogP contribution is 2.19. The van der Waals surface area contributed by atoms with Crippen molar-refractivity contribution in [3.05, 3.63) is 24.3 Å². The van der Waals surface area contributed by atoms with Crippen LogP contribution in [-0.4, -0.2) is 5.78 Å². The molecule has 0 radical (unpaired) electrons. The Labute approximate surface area is 106 Å². The van der Waals surface area contributed by atoms with Gasteiger partial charge in [0.1, 0.15) is 5.78 Å². The summed E-state index contributed by atoms with van der Waals surface area (Å²) in [7, 11) is 0. The first-order valence-electron chi connectivity index (χ1n) is 7.17. The van der Waals surface area contributed by atoms with Gasteiger partial charge in [0, 0.05) is 12.3 Å². The number of hydrogen-bond donors (Lipinski definition) is 0. The normalized spacial score (nSPS) is 26.5. The predicted molar refractivity (Wildman–Crippen MR) is 74.0 cm³/mol. The van der Waals surface area contributed by atoms with E-state index in [0.717, 1.165) is 51.4 Å². The van der Waals surface area contributed by atoms with E-state index in [0.29, 0.717) is 11.7 Å². The summed E-state index contributed by atoms with van der Waals surface area (Å²) < 4.78 is 0. The summed E-state index contributed by atoms with van der Waals surface area (Å²) in [5, 5.41) is 0. The zero-order valence-electron chi connectivity index (χ0n) is 11.2. The Morgan fingerprint density at radius 3 is 2.35 bits per heavy atom. The molecule has 0 heterocycles. The van der Waals surface area contributed by atoms with E-state index in [4.69, 9.17) is 0 Å². The van der Waals surface area contributed by atoms with Crippen LogP contribution in [-0.2, 0) is 4.79 Å². The van der Waals surface area contributed by atoms with Gasteiger partial charge in [-0.25, -0.2) is 0 Å². The van der Waals surface area contributed by atoms with Gasteiger partial charge >= 0.3 is 0 Å². The van der Waals surface area contributed by atoms with Gasteiger partial charge in [-0.3, -0.25) is 4.79 Å². The van der Waals surface area contributed by atoms with Crippen molar-refractivity contribution in [3.8, 4) is 0 Å². The van der Waals surface area contributed by atoms with Crippen molar-refractivity contribution in [2.24, 2.45) is 5.92 Å². The number of hydrogen-bond acceptors (Lipinski definition) is 1. The van der Waals surface area contributed by atoms with Gasteiger partial charge in [-0.2, -0.15) is 0 Å². The molecular weight excluding hydrogens is 208 g/mol. The van der Waals surface area contributed by atoms with E-state index in [-0.39, 0.29) is 0 Å². The number of carbonyl (C=O) groups excluding carboxylic acids is 1. The van der Waals surface area contributed by atoms with Crippen molar-refractivity contribution in [2.45, 2.75) is 64.7 Å². The molecule has 1 unspecified atom stereocenters. The van der Waals surface area contributed by atoms with Crippen LogP contribution in [0.3, 0.4) is 0 Å². The van der Waals surface area contributed by atoms with Crippen LogP contribution in [0.1, 0.15) is 64.7 Å². The van der Waals surface area contributed by atoms with Crippen LogP contribution in [0.2, 0.25) is 0 Å². The number of ketones is 1. The van der Waals surface area contributed by atoms with E-state index in [1.54, 1.807) is 0 Å². The van der Waals surface area contributed by atoms with E-state index in [2.05, 4.69) is 31.2 Å². The van der Waals surface area contributed by atoms with E-state index >= 15 is 0 Å². The molecule has 0 aromatic heterocycles. The van der Waals surface area contributed by atoms with Crippen LogP contribution in [0.4, 0.5) is 0 Å². The average molecular weight is 234 g/mol. The maximum absolute atomic E-state index is 12.0. The zero-order valence-corrected chi connectivity index (χ0v) is 11.2. The lowest BCUT2D eigenvalue weighted by Gasteiger charge is -2.14. The zero-order chi connectivity index (χ0) is 12.3. The van der Waals surface area contributed by atoms with Crippen LogP contribution in [0.5, 0.6) is 0 Å². The monoisotopic (exact) mass is 234 g/mol. The Hall–Kier alpha value is -0.850. The smallest absolute Gasteiger partial charge is 0.135 e. The van der Waals surface area contributed by atoms with Crippen molar-refractivity contribution in [1.82, 2.24) is 0 Å². The molecule has 96 valence electrons. The molecule has 0 saturated heterocycles. The molecule has 1 aliphatic carbocycles. The summed E-state index contributed by atoms with van der Waals surface area (Å²) in [6.45, 7) is 2.09. The van der Waals surface area contributed by atoms with Crippen molar-refractivity contribution < 1.29 is 4.79 Å². The predicted octanol–water partition coefficient (Wildman–Crippen LogP) is 4.83. The summed E-state index contributed by atoms with van der Waals surface area (Å²) >= 11 is 0. The summed E-state index contributed by atoms with van der Waals surface area (Å²) in [5.74, 6) is 0.800. The molecule has 0 bridgehead atoms. The minimum Gasteiger partial charge on any atom is -0.299 e. The van der Waals surface area contributed by atoms with Gasteiger partial charge in [0.2, 0.25) is 0 Å². The van der Waals surface area contributed by atoms with Crippen LogP contribution < -0.4 is 0 Å². The SMILES string of the molecule is CCCC(=O)C1CC/C=C\CC/C=C\CCC1. The molecule has 1 aliphatic rings. The van der Waals surface area contributed by atoms with Gasteiger partial charge in [0.25, 0.3) is 0 Å². The Balaban J connectivity index is 2.47. The maximum Gasteiger partial charge on any atom is 0.135 e. The molecule has 0 aromatic rings. The standard InChI is InChI=1S/C16H26O/c1-2-12-16(17)15-13-10-8-6-4-3-5-7-9-11-14-15/h4,6-7,9,15H,2-3,5,8,10-14H2,1H3/b6-4-,9-7-. The van der Waals surface area contributed by atoms with Crippen molar-refractivity contribution in [3.63, 3.8) is 0 Å². The molecule has 0 aliphatic heterocycles. The first-order valence-corrected chi connectivity index (χ1v) is 7.17. The topological polar surface area (TPSA) is 17.1 Å². The summed E-state index contributed by atoms with van der Waals surface area (Å²) in [5.41, 5.74) is 0. The van der Waals surface area contributed by atoms with E-state index in [9.17, 15) is 4.79 Å². The van der Waals surface area contributed by atoms with Crippen molar-refractivity contribution in [2.75, 3.05) is 0 Å². The molecule has 0 aromatic carbocycles. The lowest BCUT2D eigenvalue weighted by molar-refractivity contribution is -0.123. The fourth-order valence-corrected chi connectivity index (χ4v) is 2.36. The van der Waals surface area contributed by atoms with Gasteiger partial charge in [-0.1, -0.05) is 31.2 Å². The molecule has 1 heteroatoms. The third kappa shape index (κ3) is 6.45. The Kier molecular flexibility index (Phi) is 7.70. The summed E-state index contributed by atoms with van der Waals surface area (Å²) in [6, 6.07) is 0. The molecule has 1 rings (SSSR count). The lowest BCUT2D eigenvalue weighted by atomic mass is 9.90. The average Bonchev–Trinajstić information content (AvgIpc) is 2.30. The lowest BCUT2D eigenvalue weighted by Crippen LogP contribution is -2.14. The third-order valence-electron chi connectivity index (χ3n) is 3.39. The molecule has 1 atom stereocenters. The van der Waals surface area contributed by atoms with Crippen molar-refractivity contribution in [1.29, 1.82) is 0 Å². The second kappa shape index (κ2) is 9.21. The van der Waals surface area contributed by atoms with Gasteiger partial charge in [-0.15, -0.1) is 0 Å². The number of allylic oxidation sites excluding steroid dienone is 4. The molecule has 0 N–H and O–H groups in total. The first-order chi connectivity index (χ1) is 8.34. The second-order valence-corrected chi connectivity index (χ2v) is 4.94. The molecule has 0 amide bonds. The fourth-order valence-electron chi connectivity index (χ4n) is 2.36. The van der Waals surface area contributed by atoms with Crippen LogP contribution >= 0.6 is 0 Å². The largest absolute Gasteiger partial charge is 0.299 e. The van der Waals surface area contributed by atoms with Gasteiger partial charge in [-0.05, 0) is 51.4 Å². The van der Waals surface area contributed by atoms with E-state index in [1.165, 1.54) is 6.42 Å². The van der Waals surface area contributed by atoms with E-state index < -0.39 is 0 Å². The molecule has 0 fully saturated rings. The van der Waals surface area contributed by atoms with Crippen LogP contribution in [0, 0.1) is 5.92 Å². The van der Waals surface area contributed by atoms with Crippen LogP contribution in [0.25, 0.3) is 0 Å². The number of carbonyl (C=O) groups is 1. The summed E-state index contributed by atoms with van der Waals surface area (Å²) in [4.78, 5) is 12.0. The van der Waals surface area contributed by atoms with Crippen LogP contribution in [0.15, 0.2) is 24.3 Å². The number of rotatable bonds is 3. The number of Topliss-reactive ketones (excluding diaryl/α,β-unsaturated/α-hetero) is 1. The van der Waals surface area contributed by atoms with Gasteiger partial charge in [0.05, 0.1) is 0 Å². The quantitative estimate of drug-likeness (QED) is 0.639. The first kappa shape index (κ1) is 14.2. The molecule has 0 saturated carbocycles. The minimum atomic E-state index is 0.312. The van der Waals surface area contributed by atoms with E-state index in [1.807, 2.05) is 0 Å². The minimum absolute atomic E-state index is 0.312. The Morgan fingerprint density at radius 1 is 1.00 bits per heavy atom. The molecule has 0 spiro atoms. The molecule has 1 nitrogen and oxygen atoms in total. The Morgan fingerprint density at radius 2 is 1.65 bits per heavy atom. The van der Waals surface area contributed by atoms with Gasteiger partial charge < -0.3 is 0 Å². The third-order valence-corrected chi connectivity index (χ3v) is 3.39.